The number of rotatable bonds is 4. The predicted molar refractivity (Wildman–Crippen MR) is 107 cm³/mol. The minimum atomic E-state index is -0.135. The van der Waals surface area contributed by atoms with Crippen molar-refractivity contribution in [2.75, 3.05) is 24.3 Å². The zero-order valence-corrected chi connectivity index (χ0v) is 15.3. The minimum Gasteiger partial charge on any atom is -0.378 e. The fourth-order valence-electron chi connectivity index (χ4n) is 2.78. The standard InChI is InChI=1S/C20H18N4OS/c1-23(2)15-9-7-14(8-10-15)19(25)21-17-6-4-3-5-16(17)18-13-24-11-12-26-20(24)22-18/h3-13H,1-2H3,(H,21,25). The van der Waals surface area contributed by atoms with Crippen molar-refractivity contribution in [3.63, 3.8) is 0 Å². The molecule has 130 valence electrons. The van der Waals surface area contributed by atoms with Gasteiger partial charge in [0.15, 0.2) is 4.96 Å². The van der Waals surface area contributed by atoms with Crippen LogP contribution in [0.25, 0.3) is 16.2 Å². The quantitative estimate of drug-likeness (QED) is 0.586. The molecule has 4 rings (SSSR count). The van der Waals surface area contributed by atoms with Crippen LogP contribution in [0.15, 0.2) is 66.3 Å². The van der Waals surface area contributed by atoms with Gasteiger partial charge in [0.1, 0.15) is 0 Å². The molecular weight excluding hydrogens is 344 g/mol. The first-order valence-electron chi connectivity index (χ1n) is 8.22. The largest absolute Gasteiger partial charge is 0.378 e. The van der Waals surface area contributed by atoms with Crippen LogP contribution in [-0.4, -0.2) is 29.4 Å². The van der Waals surface area contributed by atoms with E-state index in [0.717, 1.165) is 27.6 Å². The number of nitrogens with zero attached hydrogens (tertiary/aromatic N) is 3. The number of benzene rings is 2. The van der Waals surface area contributed by atoms with Gasteiger partial charge < -0.3 is 10.2 Å². The molecule has 1 N–H and O–H groups in total. The van der Waals surface area contributed by atoms with Gasteiger partial charge in [-0.15, -0.1) is 11.3 Å². The molecule has 0 bridgehead atoms. The first kappa shape index (κ1) is 16.4. The van der Waals surface area contributed by atoms with Crippen LogP contribution < -0.4 is 10.2 Å². The Hall–Kier alpha value is -3.12. The highest BCUT2D eigenvalue weighted by Gasteiger charge is 2.13. The summed E-state index contributed by atoms with van der Waals surface area (Å²) >= 11 is 1.58. The van der Waals surface area contributed by atoms with Gasteiger partial charge in [-0.2, -0.15) is 0 Å². The lowest BCUT2D eigenvalue weighted by atomic mass is 10.1. The Bertz CT molecular complexity index is 1030. The third-order valence-corrected chi connectivity index (χ3v) is 4.96. The summed E-state index contributed by atoms with van der Waals surface area (Å²) in [5.41, 5.74) is 4.17. The lowest BCUT2D eigenvalue weighted by Gasteiger charge is -2.13. The highest BCUT2D eigenvalue weighted by molar-refractivity contribution is 7.15. The summed E-state index contributed by atoms with van der Waals surface area (Å²) < 4.78 is 1.98. The molecule has 0 spiro atoms. The van der Waals surface area contributed by atoms with Crippen molar-refractivity contribution in [1.82, 2.24) is 9.38 Å². The van der Waals surface area contributed by atoms with Crippen molar-refractivity contribution in [1.29, 1.82) is 0 Å². The maximum Gasteiger partial charge on any atom is 0.255 e. The minimum absolute atomic E-state index is 0.135. The van der Waals surface area contributed by atoms with E-state index in [1.807, 2.05) is 89.7 Å². The number of fused-ring (bicyclic) bond motifs is 1. The van der Waals surface area contributed by atoms with Crippen molar-refractivity contribution in [2.24, 2.45) is 0 Å². The van der Waals surface area contributed by atoms with Gasteiger partial charge in [0.25, 0.3) is 5.91 Å². The van der Waals surface area contributed by atoms with Crippen LogP contribution in [0.2, 0.25) is 0 Å². The van der Waals surface area contributed by atoms with Gasteiger partial charge >= 0.3 is 0 Å². The second kappa shape index (κ2) is 6.65. The maximum absolute atomic E-state index is 12.7. The Morgan fingerprint density at radius 2 is 1.88 bits per heavy atom. The number of carbonyl (C=O) groups is 1. The van der Waals surface area contributed by atoms with E-state index in [1.54, 1.807) is 11.3 Å². The molecule has 2 heterocycles. The van der Waals surface area contributed by atoms with E-state index in [9.17, 15) is 4.79 Å². The Balaban J connectivity index is 1.62. The number of amides is 1. The van der Waals surface area contributed by atoms with Gasteiger partial charge in [-0.25, -0.2) is 4.98 Å². The zero-order valence-electron chi connectivity index (χ0n) is 14.5. The molecule has 26 heavy (non-hydrogen) atoms. The molecule has 5 nitrogen and oxygen atoms in total. The van der Waals surface area contributed by atoms with E-state index < -0.39 is 0 Å². The highest BCUT2D eigenvalue weighted by Crippen LogP contribution is 2.29. The number of hydrogen-bond acceptors (Lipinski definition) is 4. The van der Waals surface area contributed by atoms with Crippen LogP contribution >= 0.6 is 11.3 Å². The molecule has 0 atom stereocenters. The van der Waals surface area contributed by atoms with Crippen LogP contribution in [-0.2, 0) is 0 Å². The number of carbonyl (C=O) groups excluding carboxylic acids is 1. The van der Waals surface area contributed by atoms with Gasteiger partial charge in [-0.1, -0.05) is 18.2 Å². The lowest BCUT2D eigenvalue weighted by molar-refractivity contribution is 0.102. The second-order valence-electron chi connectivity index (χ2n) is 6.16. The summed E-state index contributed by atoms with van der Waals surface area (Å²) in [6.45, 7) is 0. The molecule has 0 unspecified atom stereocenters. The van der Waals surface area contributed by atoms with E-state index in [2.05, 4.69) is 10.3 Å². The Morgan fingerprint density at radius 3 is 2.62 bits per heavy atom. The number of hydrogen-bond donors (Lipinski definition) is 1. The molecule has 2 aromatic carbocycles. The molecule has 0 aliphatic rings. The fourth-order valence-corrected chi connectivity index (χ4v) is 3.48. The molecule has 0 radical (unpaired) electrons. The summed E-state index contributed by atoms with van der Waals surface area (Å²) in [4.78, 5) is 20.2. The average molecular weight is 362 g/mol. The predicted octanol–water partition coefficient (Wildman–Crippen LogP) is 4.38. The Labute approximate surface area is 155 Å². The first-order chi connectivity index (χ1) is 12.6. The molecular formula is C20H18N4OS. The van der Waals surface area contributed by atoms with Gasteiger partial charge in [0.05, 0.1) is 11.4 Å². The summed E-state index contributed by atoms with van der Waals surface area (Å²) in [6.07, 6.45) is 3.95. The molecule has 0 aliphatic carbocycles. The summed E-state index contributed by atoms with van der Waals surface area (Å²) in [7, 11) is 3.95. The summed E-state index contributed by atoms with van der Waals surface area (Å²) in [5.74, 6) is -0.135. The topological polar surface area (TPSA) is 49.6 Å². The van der Waals surface area contributed by atoms with Gasteiger partial charge in [0.2, 0.25) is 0 Å². The van der Waals surface area contributed by atoms with Crippen LogP contribution in [0.3, 0.4) is 0 Å². The summed E-state index contributed by atoms with van der Waals surface area (Å²) in [6, 6.07) is 15.3. The van der Waals surface area contributed by atoms with E-state index >= 15 is 0 Å². The zero-order chi connectivity index (χ0) is 18.1. The van der Waals surface area contributed by atoms with Crippen molar-refractivity contribution in [2.45, 2.75) is 0 Å². The average Bonchev–Trinajstić information content (AvgIpc) is 3.24. The number of para-hydroxylation sites is 1. The smallest absolute Gasteiger partial charge is 0.255 e. The molecule has 0 saturated carbocycles. The van der Waals surface area contributed by atoms with Crippen molar-refractivity contribution < 1.29 is 4.79 Å². The first-order valence-corrected chi connectivity index (χ1v) is 9.10. The number of aromatic nitrogens is 2. The van der Waals surface area contributed by atoms with Crippen LogP contribution in [0.1, 0.15) is 10.4 Å². The fraction of sp³-hybridized carbons (Fsp3) is 0.100. The van der Waals surface area contributed by atoms with Crippen LogP contribution in [0, 0.1) is 0 Å². The molecule has 0 aliphatic heterocycles. The van der Waals surface area contributed by atoms with Gasteiger partial charge in [-0.3, -0.25) is 9.20 Å². The lowest BCUT2D eigenvalue weighted by Crippen LogP contribution is -2.13. The van der Waals surface area contributed by atoms with Crippen molar-refractivity contribution in [3.05, 3.63) is 71.9 Å². The van der Waals surface area contributed by atoms with Gasteiger partial charge in [0, 0.05) is 48.7 Å². The van der Waals surface area contributed by atoms with E-state index in [-0.39, 0.29) is 5.91 Å². The summed E-state index contributed by atoms with van der Waals surface area (Å²) in [5, 5.41) is 5.01. The van der Waals surface area contributed by atoms with Crippen molar-refractivity contribution in [3.8, 4) is 11.3 Å². The second-order valence-corrected chi connectivity index (χ2v) is 7.03. The number of thiazole rings is 1. The van der Waals surface area contributed by atoms with E-state index in [4.69, 9.17) is 0 Å². The van der Waals surface area contributed by atoms with Crippen LogP contribution in [0.4, 0.5) is 11.4 Å². The number of imidazole rings is 1. The normalized spacial score (nSPS) is 10.8. The van der Waals surface area contributed by atoms with E-state index in [1.165, 1.54) is 0 Å². The number of anilines is 2. The maximum atomic E-state index is 12.7. The monoisotopic (exact) mass is 362 g/mol. The molecule has 6 heteroatoms. The Morgan fingerprint density at radius 1 is 1.12 bits per heavy atom. The third kappa shape index (κ3) is 3.07. The molecule has 4 aromatic rings. The van der Waals surface area contributed by atoms with E-state index in [0.29, 0.717) is 5.56 Å². The molecule has 0 saturated heterocycles. The van der Waals surface area contributed by atoms with Crippen LogP contribution in [0.5, 0.6) is 0 Å². The molecule has 0 fully saturated rings. The number of nitrogens with one attached hydrogen (secondary N) is 1. The highest BCUT2D eigenvalue weighted by atomic mass is 32.1. The molecule has 1 amide bonds. The third-order valence-electron chi connectivity index (χ3n) is 4.19. The molecule has 2 aromatic heterocycles. The van der Waals surface area contributed by atoms with Crippen molar-refractivity contribution >= 4 is 33.6 Å². The Kier molecular flexibility index (Phi) is 4.18. The SMILES string of the molecule is CN(C)c1ccc(C(=O)Nc2ccccc2-c2cn3ccsc3n2)cc1. The van der Waals surface area contributed by atoms with Gasteiger partial charge in [-0.05, 0) is 30.3 Å².